The van der Waals surface area contributed by atoms with E-state index in [4.69, 9.17) is 9.72 Å². The lowest BCUT2D eigenvalue weighted by Crippen LogP contribution is -2.39. The molecule has 0 radical (unpaired) electrons. The summed E-state index contributed by atoms with van der Waals surface area (Å²) in [5.41, 5.74) is 8.21. The maximum Gasteiger partial charge on any atom is 0.253 e. The first-order chi connectivity index (χ1) is 19.6. The van der Waals surface area contributed by atoms with Gasteiger partial charge < -0.3 is 24.8 Å². The SMILES string of the molecule is C=C(OC)N1CCc2nc(-c3cc(C(=O)N4CCC(c5ccc(C6CNC6)cc5)CC4)ccc3C3CC3)[nH]c2C1. The zero-order chi connectivity index (χ0) is 27.2. The van der Waals surface area contributed by atoms with Crippen molar-refractivity contribution >= 4 is 5.91 Å². The molecule has 4 heterocycles. The quantitative estimate of drug-likeness (QED) is 0.409. The number of imidazole rings is 1. The van der Waals surface area contributed by atoms with Gasteiger partial charge in [0.05, 0.1) is 25.0 Å². The number of methoxy groups -OCH3 is 1. The van der Waals surface area contributed by atoms with Crippen molar-refractivity contribution in [2.45, 2.75) is 56.4 Å². The number of nitrogens with one attached hydrogen (secondary N) is 2. The van der Waals surface area contributed by atoms with E-state index >= 15 is 0 Å². The Morgan fingerprint density at radius 1 is 0.925 bits per heavy atom. The third-order valence-electron chi connectivity index (χ3n) is 9.44. The van der Waals surface area contributed by atoms with Gasteiger partial charge in [-0.1, -0.05) is 30.3 Å². The molecule has 1 saturated carbocycles. The van der Waals surface area contributed by atoms with Crippen LogP contribution in [0.2, 0.25) is 0 Å². The topological polar surface area (TPSA) is 73.5 Å². The lowest BCUT2D eigenvalue weighted by molar-refractivity contribution is 0.0713. The highest BCUT2D eigenvalue weighted by molar-refractivity contribution is 5.95. The molecule has 0 unspecified atom stereocenters. The molecule has 4 aliphatic rings. The maximum atomic E-state index is 13.7. The predicted octanol–water partition coefficient (Wildman–Crippen LogP) is 5.14. The molecule has 1 aliphatic carbocycles. The minimum absolute atomic E-state index is 0.133. The average molecular weight is 538 g/mol. The molecular formula is C33H39N5O2. The summed E-state index contributed by atoms with van der Waals surface area (Å²) < 4.78 is 5.36. The molecule has 7 heteroatoms. The fraction of sp³-hybridized carbons (Fsp3) is 0.455. The zero-order valence-corrected chi connectivity index (χ0v) is 23.4. The van der Waals surface area contributed by atoms with E-state index in [0.717, 1.165) is 80.3 Å². The highest BCUT2D eigenvalue weighted by Crippen LogP contribution is 2.44. The first-order valence-electron chi connectivity index (χ1n) is 14.9. The van der Waals surface area contributed by atoms with Crippen molar-refractivity contribution in [3.63, 3.8) is 0 Å². The van der Waals surface area contributed by atoms with Crippen LogP contribution in [0.5, 0.6) is 0 Å². The molecule has 2 N–H and O–H groups in total. The Kier molecular flexibility index (Phi) is 6.62. The molecule has 2 aromatic carbocycles. The Morgan fingerprint density at radius 3 is 2.30 bits per heavy atom. The number of amides is 1. The van der Waals surface area contributed by atoms with Gasteiger partial charge in [-0.05, 0) is 72.9 Å². The number of piperidine rings is 1. The van der Waals surface area contributed by atoms with Crippen molar-refractivity contribution in [3.8, 4) is 11.4 Å². The average Bonchev–Trinajstić information content (AvgIpc) is 3.73. The number of hydrogen-bond acceptors (Lipinski definition) is 5. The molecule has 3 aromatic rings. The first-order valence-corrected chi connectivity index (χ1v) is 14.9. The number of carbonyl (C=O) groups excluding carboxylic acids is 1. The summed E-state index contributed by atoms with van der Waals surface area (Å²) in [7, 11) is 1.66. The standard InChI is InChI=1S/C33H39N5O2/c1-21(40-2)38-16-13-30-31(20-38)36-32(35-30)29-17-26(9-10-28(29)25-7-8-25)33(39)37-14-11-24(12-15-37)22-3-5-23(6-4-22)27-18-34-19-27/h3-6,9-10,17,24-25,27,34H,1,7-8,11-16,18-20H2,2H3,(H,35,36). The summed E-state index contributed by atoms with van der Waals surface area (Å²) in [4.78, 5) is 26.5. The third-order valence-corrected chi connectivity index (χ3v) is 9.44. The van der Waals surface area contributed by atoms with Gasteiger partial charge in [0.25, 0.3) is 5.91 Å². The normalized spacial score (nSPS) is 19.7. The zero-order valence-electron chi connectivity index (χ0n) is 23.4. The summed E-state index contributed by atoms with van der Waals surface area (Å²) in [6.45, 7) is 9.35. The molecule has 40 heavy (non-hydrogen) atoms. The van der Waals surface area contributed by atoms with E-state index in [2.05, 4.69) is 58.2 Å². The van der Waals surface area contributed by atoms with Crippen LogP contribution in [-0.2, 0) is 17.7 Å². The molecule has 1 aromatic heterocycles. The first kappa shape index (κ1) is 25.4. The minimum Gasteiger partial charge on any atom is -0.483 e. The number of aromatic nitrogens is 2. The minimum atomic E-state index is 0.133. The highest BCUT2D eigenvalue weighted by atomic mass is 16.5. The second-order valence-electron chi connectivity index (χ2n) is 11.9. The van der Waals surface area contributed by atoms with Gasteiger partial charge in [-0.25, -0.2) is 4.98 Å². The van der Waals surface area contributed by atoms with Gasteiger partial charge in [0, 0.05) is 56.2 Å². The summed E-state index contributed by atoms with van der Waals surface area (Å²) in [6, 6.07) is 15.5. The smallest absolute Gasteiger partial charge is 0.253 e. The molecule has 0 atom stereocenters. The Bertz CT molecular complexity index is 1410. The predicted molar refractivity (Wildman–Crippen MR) is 156 cm³/mol. The second-order valence-corrected chi connectivity index (χ2v) is 11.9. The lowest BCUT2D eigenvalue weighted by Gasteiger charge is -2.33. The number of likely N-dealkylation sites (tertiary alicyclic amines) is 1. The van der Waals surface area contributed by atoms with Crippen molar-refractivity contribution in [2.24, 2.45) is 0 Å². The summed E-state index contributed by atoms with van der Waals surface area (Å²) in [5.74, 6) is 3.45. The van der Waals surface area contributed by atoms with Crippen molar-refractivity contribution in [1.82, 2.24) is 25.1 Å². The number of carbonyl (C=O) groups is 1. The number of aromatic amines is 1. The van der Waals surface area contributed by atoms with E-state index in [1.54, 1.807) is 7.11 Å². The molecule has 7 nitrogen and oxygen atoms in total. The Morgan fingerprint density at radius 2 is 1.65 bits per heavy atom. The van der Waals surface area contributed by atoms with Crippen LogP contribution in [-0.4, -0.2) is 65.5 Å². The number of nitrogens with zero attached hydrogens (tertiary/aromatic N) is 3. The molecule has 3 fully saturated rings. The van der Waals surface area contributed by atoms with Gasteiger partial charge in [-0.3, -0.25) is 4.79 Å². The second kappa shape index (κ2) is 10.4. The molecular weight excluding hydrogens is 498 g/mol. The molecule has 0 bridgehead atoms. The fourth-order valence-corrected chi connectivity index (χ4v) is 6.57. The van der Waals surface area contributed by atoms with Gasteiger partial charge in [-0.15, -0.1) is 0 Å². The highest BCUT2D eigenvalue weighted by Gasteiger charge is 2.31. The van der Waals surface area contributed by atoms with Crippen LogP contribution in [0.4, 0.5) is 0 Å². The Hall–Kier alpha value is -3.58. The van der Waals surface area contributed by atoms with Gasteiger partial charge in [0.2, 0.25) is 0 Å². The maximum absolute atomic E-state index is 13.7. The molecule has 208 valence electrons. The van der Waals surface area contributed by atoms with Gasteiger partial charge in [0.1, 0.15) is 5.82 Å². The molecule has 3 aliphatic heterocycles. The van der Waals surface area contributed by atoms with Crippen molar-refractivity contribution in [1.29, 1.82) is 0 Å². The number of fused-ring (bicyclic) bond motifs is 1. The Labute approximate surface area is 236 Å². The largest absolute Gasteiger partial charge is 0.483 e. The number of benzene rings is 2. The van der Waals surface area contributed by atoms with Crippen LogP contribution in [0.15, 0.2) is 54.9 Å². The molecule has 0 spiro atoms. The summed E-state index contributed by atoms with van der Waals surface area (Å²) >= 11 is 0. The third kappa shape index (κ3) is 4.81. The lowest BCUT2D eigenvalue weighted by atomic mass is 9.86. The van der Waals surface area contributed by atoms with Crippen LogP contribution in [0, 0.1) is 0 Å². The van der Waals surface area contributed by atoms with Crippen LogP contribution in [0.3, 0.4) is 0 Å². The monoisotopic (exact) mass is 537 g/mol. The summed E-state index contributed by atoms with van der Waals surface area (Å²) in [5, 5.41) is 3.36. The van der Waals surface area contributed by atoms with Gasteiger partial charge in [0.15, 0.2) is 5.88 Å². The molecule has 1 amide bonds. The van der Waals surface area contributed by atoms with E-state index in [-0.39, 0.29) is 5.91 Å². The van der Waals surface area contributed by atoms with Gasteiger partial charge >= 0.3 is 0 Å². The number of H-pyrrole nitrogens is 1. The van der Waals surface area contributed by atoms with Gasteiger partial charge in [-0.2, -0.15) is 0 Å². The van der Waals surface area contributed by atoms with E-state index in [1.807, 2.05) is 11.0 Å². The molecule has 7 rings (SSSR count). The van der Waals surface area contributed by atoms with E-state index < -0.39 is 0 Å². The van der Waals surface area contributed by atoms with E-state index in [0.29, 0.717) is 30.2 Å². The van der Waals surface area contributed by atoms with Crippen LogP contribution >= 0.6 is 0 Å². The number of hydrogen-bond donors (Lipinski definition) is 2. The fourth-order valence-electron chi connectivity index (χ4n) is 6.57. The number of rotatable bonds is 7. The van der Waals surface area contributed by atoms with Crippen molar-refractivity contribution in [2.75, 3.05) is 39.8 Å². The number of ether oxygens (including phenoxy) is 1. The van der Waals surface area contributed by atoms with Crippen LogP contribution in [0.25, 0.3) is 11.4 Å². The van der Waals surface area contributed by atoms with Crippen LogP contribution < -0.4 is 5.32 Å². The van der Waals surface area contributed by atoms with Crippen LogP contribution in [0.1, 0.15) is 81.9 Å². The van der Waals surface area contributed by atoms with Crippen molar-refractivity contribution in [3.05, 3.63) is 88.6 Å². The van der Waals surface area contributed by atoms with Crippen molar-refractivity contribution < 1.29 is 9.53 Å². The Balaban J connectivity index is 1.06. The molecule has 2 saturated heterocycles. The van der Waals surface area contributed by atoms with E-state index in [1.165, 1.54) is 29.5 Å². The van der Waals surface area contributed by atoms with E-state index in [9.17, 15) is 4.79 Å². The summed E-state index contributed by atoms with van der Waals surface area (Å²) in [6.07, 6.45) is 5.28.